The Morgan fingerprint density at radius 2 is 2.07 bits per heavy atom. The number of para-hydroxylation sites is 1. The van der Waals surface area contributed by atoms with E-state index in [9.17, 15) is 0 Å². The Labute approximate surface area is 84.0 Å². The van der Waals surface area contributed by atoms with Gasteiger partial charge in [0, 0.05) is 23.8 Å². The van der Waals surface area contributed by atoms with Crippen molar-refractivity contribution in [3.8, 4) is 0 Å². The lowest BCUT2D eigenvalue weighted by Gasteiger charge is -2.07. The molecule has 0 amide bonds. The molecular weight excluding hydrogens is 172 g/mol. The highest BCUT2D eigenvalue weighted by atomic mass is 14.8. The second kappa shape index (κ2) is 3.66. The van der Waals surface area contributed by atoms with Gasteiger partial charge in [0.25, 0.3) is 0 Å². The fraction of sp³-hybridized carbons (Fsp3) is 0.250. The Kier molecular flexibility index (Phi) is 2.35. The minimum atomic E-state index is 0.972. The molecule has 2 heteroatoms. The van der Waals surface area contributed by atoms with Crippen LogP contribution < -0.4 is 5.32 Å². The van der Waals surface area contributed by atoms with Gasteiger partial charge in [-0.2, -0.15) is 0 Å². The lowest BCUT2D eigenvalue weighted by molar-refractivity contribution is 1.06. The van der Waals surface area contributed by atoms with Gasteiger partial charge in [0.15, 0.2) is 0 Å². The zero-order valence-electron chi connectivity index (χ0n) is 8.54. The average molecular weight is 186 g/mol. The fourth-order valence-corrected chi connectivity index (χ4v) is 1.62. The first-order chi connectivity index (χ1) is 6.85. The molecule has 14 heavy (non-hydrogen) atoms. The van der Waals surface area contributed by atoms with Crippen molar-refractivity contribution in [2.24, 2.45) is 0 Å². The topological polar surface area (TPSA) is 24.9 Å². The van der Waals surface area contributed by atoms with Crippen molar-refractivity contribution in [2.75, 3.05) is 12.4 Å². The van der Waals surface area contributed by atoms with Crippen LogP contribution in [0.4, 0.5) is 5.69 Å². The van der Waals surface area contributed by atoms with E-state index in [1.807, 2.05) is 19.2 Å². The fourth-order valence-electron chi connectivity index (χ4n) is 1.62. The third-order valence-electron chi connectivity index (χ3n) is 2.40. The first-order valence-electron chi connectivity index (χ1n) is 4.91. The van der Waals surface area contributed by atoms with Gasteiger partial charge in [0.1, 0.15) is 0 Å². The number of rotatable bonds is 2. The van der Waals surface area contributed by atoms with Crippen LogP contribution in [-0.2, 0) is 6.42 Å². The number of nitrogens with one attached hydrogen (secondary N) is 1. The summed E-state index contributed by atoms with van der Waals surface area (Å²) in [6.45, 7) is 2.12. The predicted molar refractivity (Wildman–Crippen MR) is 60.7 cm³/mol. The summed E-state index contributed by atoms with van der Waals surface area (Å²) >= 11 is 0. The molecule has 2 rings (SSSR count). The summed E-state index contributed by atoms with van der Waals surface area (Å²) in [6.07, 6.45) is 0.972. The van der Waals surface area contributed by atoms with E-state index in [0.29, 0.717) is 0 Å². The minimum absolute atomic E-state index is 0.972. The Hall–Kier alpha value is -1.57. The van der Waals surface area contributed by atoms with Crippen LogP contribution in [0.15, 0.2) is 30.3 Å². The van der Waals surface area contributed by atoms with Gasteiger partial charge in [-0.15, -0.1) is 0 Å². The number of hydrogen-bond donors (Lipinski definition) is 1. The van der Waals surface area contributed by atoms with Crippen LogP contribution in [0.25, 0.3) is 10.9 Å². The lowest BCUT2D eigenvalue weighted by Crippen LogP contribution is -1.95. The summed E-state index contributed by atoms with van der Waals surface area (Å²) in [6, 6.07) is 10.3. The molecule has 0 aliphatic rings. The van der Waals surface area contributed by atoms with E-state index in [1.165, 1.54) is 5.39 Å². The van der Waals surface area contributed by atoms with Gasteiger partial charge in [-0.1, -0.05) is 25.1 Å². The normalized spacial score (nSPS) is 10.4. The van der Waals surface area contributed by atoms with Crippen LogP contribution in [0.2, 0.25) is 0 Å². The Balaban J connectivity index is 2.73. The molecule has 1 N–H and O–H groups in total. The molecule has 0 spiro atoms. The van der Waals surface area contributed by atoms with Crippen molar-refractivity contribution in [2.45, 2.75) is 13.3 Å². The summed E-state index contributed by atoms with van der Waals surface area (Å²) in [5.74, 6) is 0. The second-order valence-electron chi connectivity index (χ2n) is 3.28. The third kappa shape index (κ3) is 1.43. The van der Waals surface area contributed by atoms with Crippen LogP contribution in [0.5, 0.6) is 0 Å². The van der Waals surface area contributed by atoms with E-state index in [4.69, 9.17) is 0 Å². The van der Waals surface area contributed by atoms with Crippen molar-refractivity contribution in [1.82, 2.24) is 4.98 Å². The molecule has 1 heterocycles. The predicted octanol–water partition coefficient (Wildman–Crippen LogP) is 2.84. The van der Waals surface area contributed by atoms with E-state index in [2.05, 4.69) is 35.4 Å². The summed E-state index contributed by atoms with van der Waals surface area (Å²) in [5, 5.41) is 4.39. The number of nitrogens with zero attached hydrogens (tertiary/aromatic N) is 1. The largest absolute Gasteiger partial charge is 0.388 e. The zero-order valence-corrected chi connectivity index (χ0v) is 8.54. The molecule has 0 aliphatic carbocycles. The standard InChI is InChI=1S/C12H14N2/c1-3-9-8-12(13-2)10-6-4-5-7-11(10)14-9/h4-8H,3H2,1-2H3,(H,13,14). The first kappa shape index (κ1) is 9.00. The highest BCUT2D eigenvalue weighted by Gasteiger charge is 2.01. The monoisotopic (exact) mass is 186 g/mol. The van der Waals surface area contributed by atoms with Crippen molar-refractivity contribution >= 4 is 16.6 Å². The quantitative estimate of drug-likeness (QED) is 0.780. The Morgan fingerprint density at radius 3 is 2.79 bits per heavy atom. The maximum atomic E-state index is 4.56. The van der Waals surface area contributed by atoms with E-state index in [-0.39, 0.29) is 0 Å². The molecule has 72 valence electrons. The van der Waals surface area contributed by atoms with Gasteiger partial charge in [-0.25, -0.2) is 0 Å². The van der Waals surface area contributed by atoms with Gasteiger partial charge >= 0.3 is 0 Å². The zero-order chi connectivity index (χ0) is 9.97. The molecule has 0 radical (unpaired) electrons. The second-order valence-corrected chi connectivity index (χ2v) is 3.28. The number of aromatic nitrogens is 1. The molecule has 2 aromatic rings. The van der Waals surface area contributed by atoms with E-state index >= 15 is 0 Å². The SMILES string of the molecule is CCc1cc(NC)c2ccccc2n1. The van der Waals surface area contributed by atoms with Crippen molar-refractivity contribution in [3.05, 3.63) is 36.0 Å². The maximum absolute atomic E-state index is 4.56. The van der Waals surface area contributed by atoms with Crippen LogP contribution >= 0.6 is 0 Å². The number of fused-ring (bicyclic) bond motifs is 1. The summed E-state index contributed by atoms with van der Waals surface area (Å²) in [4.78, 5) is 4.56. The molecular formula is C12H14N2. The molecule has 0 unspecified atom stereocenters. The van der Waals surface area contributed by atoms with Gasteiger partial charge in [0.2, 0.25) is 0 Å². The summed E-state index contributed by atoms with van der Waals surface area (Å²) in [5.41, 5.74) is 3.36. The lowest BCUT2D eigenvalue weighted by atomic mass is 10.1. The number of hydrogen-bond acceptors (Lipinski definition) is 2. The smallest absolute Gasteiger partial charge is 0.0726 e. The maximum Gasteiger partial charge on any atom is 0.0726 e. The van der Waals surface area contributed by atoms with Crippen LogP contribution in [0.1, 0.15) is 12.6 Å². The summed E-state index contributed by atoms with van der Waals surface area (Å²) < 4.78 is 0. The van der Waals surface area contributed by atoms with Gasteiger partial charge in [-0.05, 0) is 18.6 Å². The Morgan fingerprint density at radius 1 is 1.29 bits per heavy atom. The molecule has 0 saturated heterocycles. The molecule has 0 atom stereocenters. The molecule has 1 aromatic heterocycles. The number of aryl methyl sites for hydroxylation is 1. The molecule has 2 nitrogen and oxygen atoms in total. The van der Waals surface area contributed by atoms with E-state index in [0.717, 1.165) is 23.3 Å². The van der Waals surface area contributed by atoms with Crippen molar-refractivity contribution in [1.29, 1.82) is 0 Å². The van der Waals surface area contributed by atoms with Gasteiger partial charge in [-0.3, -0.25) is 4.98 Å². The molecule has 0 bridgehead atoms. The average Bonchev–Trinajstić information content (AvgIpc) is 2.27. The van der Waals surface area contributed by atoms with Crippen LogP contribution in [0.3, 0.4) is 0 Å². The van der Waals surface area contributed by atoms with Gasteiger partial charge in [0.05, 0.1) is 5.52 Å². The molecule has 0 saturated carbocycles. The minimum Gasteiger partial charge on any atom is -0.388 e. The highest BCUT2D eigenvalue weighted by Crippen LogP contribution is 2.22. The molecule has 1 aromatic carbocycles. The first-order valence-corrected chi connectivity index (χ1v) is 4.91. The molecule has 0 fully saturated rings. The number of pyridine rings is 1. The van der Waals surface area contributed by atoms with Crippen LogP contribution in [-0.4, -0.2) is 12.0 Å². The number of anilines is 1. The number of benzene rings is 1. The van der Waals surface area contributed by atoms with Crippen molar-refractivity contribution < 1.29 is 0 Å². The highest BCUT2D eigenvalue weighted by molar-refractivity contribution is 5.91. The Bertz CT molecular complexity index is 449. The van der Waals surface area contributed by atoms with Gasteiger partial charge < -0.3 is 5.32 Å². The van der Waals surface area contributed by atoms with Crippen LogP contribution in [0, 0.1) is 0 Å². The third-order valence-corrected chi connectivity index (χ3v) is 2.40. The summed E-state index contributed by atoms with van der Waals surface area (Å²) in [7, 11) is 1.95. The van der Waals surface area contributed by atoms with E-state index in [1.54, 1.807) is 0 Å². The van der Waals surface area contributed by atoms with E-state index < -0.39 is 0 Å². The van der Waals surface area contributed by atoms with Crippen molar-refractivity contribution in [3.63, 3.8) is 0 Å². The molecule has 0 aliphatic heterocycles.